The predicted molar refractivity (Wildman–Crippen MR) is 97.8 cm³/mol. The Morgan fingerprint density at radius 2 is 1.59 bits per heavy atom. The molecule has 0 aromatic heterocycles. The number of likely N-dealkylation sites (N-methyl/N-ethyl adjacent to an activating group) is 1. The maximum Gasteiger partial charge on any atom is 0.407 e. The summed E-state index contributed by atoms with van der Waals surface area (Å²) in [6, 6.07) is -0.0415. The van der Waals surface area contributed by atoms with Gasteiger partial charge in [0.05, 0.1) is 0 Å². The number of amides is 4. The first-order valence-corrected chi connectivity index (χ1v) is 9.46. The molecular weight excluding hydrogens is 352 g/mol. The number of nitrogens with one attached hydrogen (secondary N) is 1. The van der Waals surface area contributed by atoms with Crippen LogP contribution in [0.2, 0.25) is 0 Å². The van der Waals surface area contributed by atoms with Crippen LogP contribution >= 0.6 is 0 Å². The SMILES string of the molecule is CCN1CCN(CC(=O)N2CCC(NC(=O)OC(C)(C)C)CC2)C(=O)C1=O. The van der Waals surface area contributed by atoms with Gasteiger partial charge in [-0.2, -0.15) is 0 Å². The van der Waals surface area contributed by atoms with Gasteiger partial charge in [0.1, 0.15) is 12.1 Å². The van der Waals surface area contributed by atoms with Crippen molar-refractivity contribution < 1.29 is 23.9 Å². The van der Waals surface area contributed by atoms with Crippen LogP contribution in [0.25, 0.3) is 0 Å². The number of carbonyl (C=O) groups is 4. The lowest BCUT2D eigenvalue weighted by Gasteiger charge is -2.36. The fourth-order valence-corrected chi connectivity index (χ4v) is 3.18. The highest BCUT2D eigenvalue weighted by Gasteiger charge is 2.34. The van der Waals surface area contributed by atoms with Gasteiger partial charge in [-0.15, -0.1) is 0 Å². The van der Waals surface area contributed by atoms with Crippen LogP contribution in [0.1, 0.15) is 40.5 Å². The molecule has 4 amide bonds. The highest BCUT2D eigenvalue weighted by Crippen LogP contribution is 2.14. The molecule has 2 heterocycles. The number of hydrogen-bond acceptors (Lipinski definition) is 5. The first-order valence-electron chi connectivity index (χ1n) is 9.46. The average molecular weight is 382 g/mol. The first kappa shape index (κ1) is 21.0. The number of rotatable bonds is 4. The number of ether oxygens (including phenoxy) is 1. The minimum Gasteiger partial charge on any atom is -0.444 e. The van der Waals surface area contributed by atoms with E-state index in [2.05, 4.69) is 5.32 Å². The number of hydrogen-bond donors (Lipinski definition) is 1. The van der Waals surface area contributed by atoms with Gasteiger partial charge < -0.3 is 24.8 Å². The molecule has 2 fully saturated rings. The molecule has 0 bridgehead atoms. The summed E-state index contributed by atoms with van der Waals surface area (Å²) in [6.07, 6.45) is 0.799. The normalized spacial score (nSPS) is 19.3. The molecule has 9 heteroatoms. The Bertz CT molecular complexity index is 593. The fourth-order valence-electron chi connectivity index (χ4n) is 3.18. The number of likely N-dealkylation sites (tertiary alicyclic amines) is 1. The molecule has 0 aromatic rings. The lowest BCUT2D eigenvalue weighted by atomic mass is 10.1. The van der Waals surface area contributed by atoms with Gasteiger partial charge in [-0.05, 0) is 40.5 Å². The highest BCUT2D eigenvalue weighted by molar-refractivity contribution is 6.35. The quantitative estimate of drug-likeness (QED) is 0.700. The van der Waals surface area contributed by atoms with Crippen molar-refractivity contribution in [1.82, 2.24) is 20.0 Å². The van der Waals surface area contributed by atoms with E-state index in [1.165, 1.54) is 9.80 Å². The molecule has 1 N–H and O–H groups in total. The van der Waals surface area contributed by atoms with Crippen LogP contribution in [-0.4, -0.2) is 89.4 Å². The van der Waals surface area contributed by atoms with Crippen molar-refractivity contribution in [2.24, 2.45) is 0 Å². The average Bonchev–Trinajstić information content (AvgIpc) is 2.58. The van der Waals surface area contributed by atoms with E-state index >= 15 is 0 Å². The van der Waals surface area contributed by atoms with Gasteiger partial charge in [0.15, 0.2) is 0 Å². The molecule has 0 spiro atoms. The Labute approximate surface area is 160 Å². The summed E-state index contributed by atoms with van der Waals surface area (Å²) in [5, 5.41) is 2.83. The molecule has 9 nitrogen and oxygen atoms in total. The summed E-state index contributed by atoms with van der Waals surface area (Å²) in [7, 11) is 0. The summed E-state index contributed by atoms with van der Waals surface area (Å²) < 4.78 is 5.24. The fraction of sp³-hybridized carbons (Fsp3) is 0.778. The Hall–Kier alpha value is -2.32. The highest BCUT2D eigenvalue weighted by atomic mass is 16.6. The zero-order chi connectivity index (χ0) is 20.2. The summed E-state index contributed by atoms with van der Waals surface area (Å²) >= 11 is 0. The minimum absolute atomic E-state index is 0.0415. The van der Waals surface area contributed by atoms with Crippen LogP contribution in [0.15, 0.2) is 0 Å². The number of alkyl carbamates (subject to hydrolysis) is 1. The second kappa shape index (κ2) is 8.58. The lowest BCUT2D eigenvalue weighted by Crippen LogP contribution is -2.57. The van der Waals surface area contributed by atoms with Crippen LogP contribution < -0.4 is 5.32 Å². The standard InChI is InChI=1S/C18H30N4O5/c1-5-20-10-11-22(16(25)15(20)24)12-14(23)21-8-6-13(7-9-21)19-17(26)27-18(2,3)4/h13H,5-12H2,1-4H3,(H,19,26). The Morgan fingerprint density at radius 1 is 1.04 bits per heavy atom. The molecule has 0 aliphatic carbocycles. The monoisotopic (exact) mass is 382 g/mol. The van der Waals surface area contributed by atoms with E-state index in [4.69, 9.17) is 4.74 Å². The van der Waals surface area contributed by atoms with Crippen molar-refractivity contribution in [1.29, 1.82) is 0 Å². The van der Waals surface area contributed by atoms with E-state index in [1.54, 1.807) is 25.7 Å². The van der Waals surface area contributed by atoms with E-state index < -0.39 is 23.5 Å². The van der Waals surface area contributed by atoms with E-state index in [-0.39, 0.29) is 18.5 Å². The van der Waals surface area contributed by atoms with Crippen molar-refractivity contribution in [2.45, 2.75) is 52.2 Å². The third-order valence-corrected chi connectivity index (χ3v) is 4.67. The second-order valence-electron chi connectivity index (χ2n) is 7.91. The van der Waals surface area contributed by atoms with Crippen molar-refractivity contribution in [3.05, 3.63) is 0 Å². The van der Waals surface area contributed by atoms with E-state index in [0.717, 1.165) is 0 Å². The van der Waals surface area contributed by atoms with Gasteiger partial charge in [-0.1, -0.05) is 0 Å². The molecule has 0 atom stereocenters. The van der Waals surface area contributed by atoms with E-state index in [0.29, 0.717) is 45.6 Å². The van der Waals surface area contributed by atoms with Crippen molar-refractivity contribution in [2.75, 3.05) is 39.3 Å². The molecule has 2 aliphatic heterocycles. The smallest absolute Gasteiger partial charge is 0.407 e. The molecular formula is C18H30N4O5. The molecule has 2 aliphatic rings. The predicted octanol–water partition coefficient (Wildman–Crippen LogP) is 0.193. The third kappa shape index (κ3) is 5.83. The Kier molecular flexibility index (Phi) is 6.67. The van der Waals surface area contributed by atoms with Gasteiger partial charge in [-0.3, -0.25) is 14.4 Å². The largest absolute Gasteiger partial charge is 0.444 e. The van der Waals surface area contributed by atoms with Crippen molar-refractivity contribution in [3.63, 3.8) is 0 Å². The molecule has 0 radical (unpaired) electrons. The third-order valence-electron chi connectivity index (χ3n) is 4.67. The van der Waals surface area contributed by atoms with Gasteiger partial charge in [-0.25, -0.2) is 4.79 Å². The van der Waals surface area contributed by atoms with Gasteiger partial charge >= 0.3 is 17.9 Å². The molecule has 2 rings (SSSR count). The van der Waals surface area contributed by atoms with Gasteiger partial charge in [0.25, 0.3) is 0 Å². The number of piperidine rings is 1. The van der Waals surface area contributed by atoms with Crippen LogP contribution in [0.3, 0.4) is 0 Å². The Morgan fingerprint density at radius 3 is 2.15 bits per heavy atom. The molecule has 2 saturated heterocycles. The molecule has 0 aromatic carbocycles. The lowest BCUT2D eigenvalue weighted by molar-refractivity contribution is -0.157. The Balaban J connectivity index is 1.77. The van der Waals surface area contributed by atoms with Crippen LogP contribution in [0, 0.1) is 0 Å². The molecule has 27 heavy (non-hydrogen) atoms. The first-order chi connectivity index (χ1) is 12.6. The van der Waals surface area contributed by atoms with E-state index in [1.807, 2.05) is 6.92 Å². The maximum absolute atomic E-state index is 12.5. The van der Waals surface area contributed by atoms with Crippen LogP contribution in [0.5, 0.6) is 0 Å². The number of piperazine rings is 1. The van der Waals surface area contributed by atoms with Crippen LogP contribution in [0.4, 0.5) is 4.79 Å². The number of nitrogens with zero attached hydrogens (tertiary/aromatic N) is 3. The molecule has 152 valence electrons. The summed E-state index contributed by atoms with van der Waals surface area (Å²) in [6.45, 7) is 9.47. The van der Waals surface area contributed by atoms with Gasteiger partial charge in [0.2, 0.25) is 5.91 Å². The molecule has 0 saturated carbocycles. The summed E-state index contributed by atoms with van der Waals surface area (Å²) in [5.74, 6) is -1.33. The van der Waals surface area contributed by atoms with E-state index in [9.17, 15) is 19.2 Å². The zero-order valence-corrected chi connectivity index (χ0v) is 16.6. The zero-order valence-electron chi connectivity index (χ0n) is 16.6. The minimum atomic E-state index is -0.613. The van der Waals surface area contributed by atoms with Gasteiger partial charge in [0, 0.05) is 38.8 Å². The maximum atomic E-state index is 12.5. The van der Waals surface area contributed by atoms with Crippen molar-refractivity contribution >= 4 is 23.8 Å². The summed E-state index contributed by atoms with van der Waals surface area (Å²) in [5.41, 5.74) is -0.549. The van der Waals surface area contributed by atoms with Crippen LogP contribution in [-0.2, 0) is 19.1 Å². The second-order valence-corrected chi connectivity index (χ2v) is 7.91. The van der Waals surface area contributed by atoms with Crippen molar-refractivity contribution in [3.8, 4) is 0 Å². The summed E-state index contributed by atoms with van der Waals surface area (Å²) in [4.78, 5) is 52.8. The number of carbonyl (C=O) groups excluding carboxylic acids is 4. The molecule has 0 unspecified atom stereocenters. The topological polar surface area (TPSA) is 99.3 Å².